The summed E-state index contributed by atoms with van der Waals surface area (Å²) in [4.78, 5) is 25.2. The Balaban J connectivity index is 1.85. The van der Waals surface area contributed by atoms with Gasteiger partial charge in [-0.3, -0.25) is 4.79 Å². The van der Waals surface area contributed by atoms with Crippen LogP contribution in [0.5, 0.6) is 11.5 Å². The van der Waals surface area contributed by atoms with Gasteiger partial charge in [-0.15, -0.1) is 0 Å². The highest BCUT2D eigenvalue weighted by molar-refractivity contribution is 7.80. The predicted molar refractivity (Wildman–Crippen MR) is 94.3 cm³/mol. The molecule has 0 spiro atoms. The van der Waals surface area contributed by atoms with E-state index in [9.17, 15) is 9.59 Å². The molecule has 26 heavy (non-hydrogen) atoms. The van der Waals surface area contributed by atoms with Gasteiger partial charge in [0.1, 0.15) is 6.17 Å². The fourth-order valence-corrected chi connectivity index (χ4v) is 3.91. The molecule has 1 aromatic rings. The zero-order valence-corrected chi connectivity index (χ0v) is 14.9. The predicted octanol–water partition coefficient (Wildman–Crippen LogP) is 0.496. The van der Waals surface area contributed by atoms with Crippen molar-refractivity contribution in [3.8, 4) is 11.5 Å². The number of carbonyl (C=O) groups is 2. The largest absolute Gasteiger partial charge is 0.466 e. The van der Waals surface area contributed by atoms with Crippen LogP contribution in [-0.2, 0) is 14.3 Å². The van der Waals surface area contributed by atoms with Gasteiger partial charge in [0.25, 0.3) is 0 Å². The van der Waals surface area contributed by atoms with Crippen LogP contribution in [0.4, 0.5) is 0 Å². The Morgan fingerprint density at radius 2 is 2.04 bits per heavy atom. The van der Waals surface area contributed by atoms with Crippen molar-refractivity contribution in [2.45, 2.75) is 19.0 Å². The average molecular weight is 375 g/mol. The monoisotopic (exact) mass is 375 g/mol. The van der Waals surface area contributed by atoms with Crippen molar-refractivity contribution in [3.05, 3.63) is 35.0 Å². The quantitative estimate of drug-likeness (QED) is 0.508. The molecule has 0 aliphatic carbocycles. The molecule has 1 fully saturated rings. The average Bonchev–Trinajstić information content (AvgIpc) is 3.07. The standard InChI is InChI=1S/C17H17N3O5S/c1-7-11(16(22)23-2)12(8-3-4-9-10(5-8)25-6-24-9)13-14(18-7)19-17(26)20-15(13)21/h3-5,12-14,18H,6H2,1-2H3,(H2,19,20,21,26). The van der Waals surface area contributed by atoms with Crippen LogP contribution in [0.2, 0.25) is 0 Å². The lowest BCUT2D eigenvalue weighted by Crippen LogP contribution is -2.66. The molecule has 3 N–H and O–H groups in total. The van der Waals surface area contributed by atoms with E-state index in [4.69, 9.17) is 26.4 Å². The summed E-state index contributed by atoms with van der Waals surface area (Å²) < 4.78 is 15.8. The van der Waals surface area contributed by atoms with E-state index in [1.54, 1.807) is 19.1 Å². The molecular formula is C17H17N3O5S. The Morgan fingerprint density at radius 1 is 1.27 bits per heavy atom. The lowest BCUT2D eigenvalue weighted by molar-refractivity contribution is -0.137. The normalized spacial score (nSPS) is 26.5. The Labute approximate surface area is 154 Å². The lowest BCUT2D eigenvalue weighted by Gasteiger charge is -2.43. The summed E-state index contributed by atoms with van der Waals surface area (Å²) in [5.74, 6) is -0.662. The molecule has 3 aliphatic rings. The Morgan fingerprint density at radius 3 is 2.81 bits per heavy atom. The molecule has 0 bridgehead atoms. The Kier molecular flexibility index (Phi) is 3.95. The molecule has 1 saturated heterocycles. The number of fused-ring (bicyclic) bond motifs is 2. The number of nitrogens with one attached hydrogen (secondary N) is 3. The van der Waals surface area contributed by atoms with Gasteiger partial charge >= 0.3 is 5.97 Å². The minimum Gasteiger partial charge on any atom is -0.466 e. The van der Waals surface area contributed by atoms with Crippen molar-refractivity contribution in [2.75, 3.05) is 13.9 Å². The number of benzene rings is 1. The molecule has 1 amide bonds. The molecule has 0 radical (unpaired) electrons. The molecule has 3 heterocycles. The maximum Gasteiger partial charge on any atom is 0.336 e. The first-order valence-electron chi connectivity index (χ1n) is 8.06. The highest BCUT2D eigenvalue weighted by Crippen LogP contribution is 2.43. The fourth-order valence-electron chi connectivity index (χ4n) is 3.68. The van der Waals surface area contributed by atoms with Gasteiger partial charge in [0.15, 0.2) is 16.6 Å². The van der Waals surface area contributed by atoms with Gasteiger partial charge in [-0.1, -0.05) is 6.07 Å². The van der Waals surface area contributed by atoms with Gasteiger partial charge in [0.2, 0.25) is 12.7 Å². The summed E-state index contributed by atoms with van der Waals surface area (Å²) in [6.45, 7) is 1.92. The van der Waals surface area contributed by atoms with Gasteiger partial charge in [-0.05, 0) is 36.8 Å². The van der Waals surface area contributed by atoms with Gasteiger partial charge in [0, 0.05) is 11.6 Å². The first-order chi connectivity index (χ1) is 12.5. The number of amides is 1. The number of ether oxygens (including phenoxy) is 3. The molecule has 136 valence electrons. The van der Waals surface area contributed by atoms with Crippen molar-refractivity contribution < 1.29 is 23.8 Å². The van der Waals surface area contributed by atoms with Crippen LogP contribution < -0.4 is 25.4 Å². The lowest BCUT2D eigenvalue weighted by atomic mass is 9.74. The van der Waals surface area contributed by atoms with E-state index >= 15 is 0 Å². The number of allylic oxidation sites excluding steroid dienone is 1. The first-order valence-corrected chi connectivity index (χ1v) is 8.47. The molecule has 9 heteroatoms. The maximum absolute atomic E-state index is 12.7. The third-order valence-corrected chi connectivity index (χ3v) is 5.01. The second-order valence-electron chi connectivity index (χ2n) is 6.23. The third kappa shape index (κ3) is 2.55. The highest BCUT2D eigenvalue weighted by Gasteiger charge is 2.47. The molecule has 4 rings (SSSR count). The van der Waals surface area contributed by atoms with E-state index in [1.165, 1.54) is 7.11 Å². The minimum atomic E-state index is -0.597. The summed E-state index contributed by atoms with van der Waals surface area (Å²) in [7, 11) is 1.32. The zero-order valence-electron chi connectivity index (χ0n) is 14.1. The van der Waals surface area contributed by atoms with E-state index < -0.39 is 24.0 Å². The fraction of sp³-hybridized carbons (Fsp3) is 0.353. The Bertz CT molecular complexity index is 853. The zero-order chi connectivity index (χ0) is 18.4. The van der Waals surface area contributed by atoms with Crippen LogP contribution >= 0.6 is 12.2 Å². The summed E-state index contributed by atoms with van der Waals surface area (Å²) in [5, 5.41) is 9.10. The molecule has 3 unspecified atom stereocenters. The topological polar surface area (TPSA) is 97.9 Å². The molecule has 8 nitrogen and oxygen atoms in total. The van der Waals surface area contributed by atoms with Crippen molar-refractivity contribution >= 4 is 29.2 Å². The molecule has 3 aliphatic heterocycles. The van der Waals surface area contributed by atoms with E-state index in [0.29, 0.717) is 22.8 Å². The first kappa shape index (κ1) is 16.6. The van der Waals surface area contributed by atoms with Crippen molar-refractivity contribution in [1.82, 2.24) is 16.0 Å². The van der Waals surface area contributed by atoms with Crippen LogP contribution in [0.1, 0.15) is 18.4 Å². The number of hydrogen-bond donors (Lipinski definition) is 3. The van der Waals surface area contributed by atoms with Crippen molar-refractivity contribution in [2.24, 2.45) is 5.92 Å². The summed E-state index contributed by atoms with van der Waals surface area (Å²) in [6, 6.07) is 5.40. The van der Waals surface area contributed by atoms with Crippen LogP contribution in [0.15, 0.2) is 29.5 Å². The SMILES string of the molecule is COC(=O)C1=C(C)NC2NC(=S)NC(=O)C2C1c1ccc2c(c1)OCO2. The molecule has 3 atom stereocenters. The summed E-state index contributed by atoms with van der Waals surface area (Å²) >= 11 is 5.09. The van der Waals surface area contributed by atoms with Gasteiger partial charge in [0.05, 0.1) is 18.6 Å². The number of methoxy groups -OCH3 is 1. The van der Waals surface area contributed by atoms with Gasteiger partial charge in [-0.25, -0.2) is 4.79 Å². The summed E-state index contributed by atoms with van der Waals surface area (Å²) in [6.07, 6.45) is -0.430. The van der Waals surface area contributed by atoms with E-state index in [0.717, 1.165) is 5.56 Å². The molecule has 0 aromatic heterocycles. The summed E-state index contributed by atoms with van der Waals surface area (Å²) in [5.41, 5.74) is 1.79. The number of esters is 1. The number of hydrogen-bond acceptors (Lipinski definition) is 7. The molecule has 0 saturated carbocycles. The smallest absolute Gasteiger partial charge is 0.336 e. The van der Waals surface area contributed by atoms with Crippen LogP contribution in [-0.4, -0.2) is 37.1 Å². The maximum atomic E-state index is 12.7. The van der Waals surface area contributed by atoms with Crippen LogP contribution in [0, 0.1) is 5.92 Å². The van der Waals surface area contributed by atoms with Gasteiger partial charge in [-0.2, -0.15) is 0 Å². The second kappa shape index (κ2) is 6.17. The van der Waals surface area contributed by atoms with Crippen molar-refractivity contribution in [3.63, 3.8) is 0 Å². The molecule has 1 aromatic carbocycles. The number of carbonyl (C=O) groups excluding carboxylic acids is 2. The Hall–Kier alpha value is -2.81. The second-order valence-corrected chi connectivity index (χ2v) is 6.64. The van der Waals surface area contributed by atoms with Crippen LogP contribution in [0.3, 0.4) is 0 Å². The molecular weight excluding hydrogens is 358 g/mol. The van der Waals surface area contributed by atoms with Crippen LogP contribution in [0.25, 0.3) is 0 Å². The number of thiocarbonyl (C=S) groups is 1. The number of rotatable bonds is 2. The van der Waals surface area contributed by atoms with Gasteiger partial charge < -0.3 is 30.2 Å². The van der Waals surface area contributed by atoms with E-state index in [-0.39, 0.29) is 17.8 Å². The van der Waals surface area contributed by atoms with E-state index in [2.05, 4.69) is 16.0 Å². The van der Waals surface area contributed by atoms with Crippen molar-refractivity contribution in [1.29, 1.82) is 0 Å². The highest BCUT2D eigenvalue weighted by atomic mass is 32.1. The minimum absolute atomic E-state index is 0.145. The van der Waals surface area contributed by atoms with E-state index in [1.807, 2.05) is 6.07 Å². The third-order valence-electron chi connectivity index (χ3n) is 4.79.